The Hall–Kier alpha value is -1.08. The summed E-state index contributed by atoms with van der Waals surface area (Å²) < 4.78 is 5.67. The first-order chi connectivity index (χ1) is 9.43. The molecule has 1 nitrogen and oxygen atoms in total. The van der Waals surface area contributed by atoms with E-state index in [0.29, 0.717) is 0 Å². The fourth-order valence-corrected chi connectivity index (χ4v) is 2.10. The van der Waals surface area contributed by atoms with Crippen molar-refractivity contribution in [2.24, 2.45) is 0 Å². The second-order valence-electron chi connectivity index (χ2n) is 5.02. The van der Waals surface area contributed by atoms with E-state index in [4.69, 9.17) is 4.74 Å². The highest BCUT2D eigenvalue weighted by Gasteiger charge is 1.93. The molecule has 19 heavy (non-hydrogen) atoms. The highest BCUT2D eigenvalue weighted by molar-refractivity contribution is 5.13. The van der Waals surface area contributed by atoms with Crippen LogP contribution in [0.1, 0.15) is 57.4 Å². The van der Waals surface area contributed by atoms with Gasteiger partial charge in [-0.15, -0.1) is 0 Å². The van der Waals surface area contributed by atoms with E-state index in [-0.39, 0.29) is 0 Å². The average molecular weight is 260 g/mol. The Labute approximate surface area is 118 Å². The van der Waals surface area contributed by atoms with Crippen molar-refractivity contribution in [2.75, 3.05) is 6.61 Å². The molecule has 0 amide bonds. The van der Waals surface area contributed by atoms with Crippen LogP contribution in [0.3, 0.4) is 0 Å². The van der Waals surface area contributed by atoms with Gasteiger partial charge in [0.15, 0.2) is 0 Å². The van der Waals surface area contributed by atoms with Crippen molar-refractivity contribution in [1.29, 1.82) is 0 Å². The van der Waals surface area contributed by atoms with Crippen molar-refractivity contribution in [3.8, 4) is 0 Å². The van der Waals surface area contributed by atoms with Crippen molar-refractivity contribution in [3.05, 3.63) is 48.0 Å². The van der Waals surface area contributed by atoms with Gasteiger partial charge in [-0.3, -0.25) is 0 Å². The summed E-state index contributed by atoms with van der Waals surface area (Å²) in [7, 11) is 0. The molecule has 0 radical (unpaired) electrons. The number of benzene rings is 1. The van der Waals surface area contributed by atoms with Crippen molar-refractivity contribution in [1.82, 2.24) is 0 Å². The second kappa shape index (κ2) is 12.0. The summed E-state index contributed by atoms with van der Waals surface area (Å²) in [5.41, 5.74) is 1.27. The van der Waals surface area contributed by atoms with Crippen LogP contribution >= 0.6 is 0 Å². The maximum atomic E-state index is 5.67. The molecule has 106 valence electrons. The first kappa shape index (κ1) is 16.0. The van der Waals surface area contributed by atoms with Gasteiger partial charge in [-0.1, -0.05) is 68.2 Å². The van der Waals surface area contributed by atoms with E-state index in [1.807, 2.05) is 6.07 Å². The van der Waals surface area contributed by atoms with Crippen LogP contribution in [0.15, 0.2) is 42.5 Å². The number of unbranched alkanes of at least 4 members (excludes halogenated alkanes) is 6. The molecule has 0 saturated heterocycles. The summed E-state index contributed by atoms with van der Waals surface area (Å²) in [6.07, 6.45) is 13.6. The summed E-state index contributed by atoms with van der Waals surface area (Å²) in [6, 6.07) is 10.4. The SMILES string of the molecule is C/C=C\CCCCCCCCOCc1ccccc1. The van der Waals surface area contributed by atoms with Crippen LogP contribution in [0.4, 0.5) is 0 Å². The van der Waals surface area contributed by atoms with Crippen LogP contribution in [-0.2, 0) is 11.3 Å². The molecule has 0 aliphatic carbocycles. The van der Waals surface area contributed by atoms with Crippen LogP contribution < -0.4 is 0 Å². The van der Waals surface area contributed by atoms with Crippen LogP contribution in [-0.4, -0.2) is 6.61 Å². The molecule has 0 aliphatic rings. The molecular formula is C18H28O. The third kappa shape index (κ3) is 9.49. The Morgan fingerprint density at radius 1 is 0.895 bits per heavy atom. The van der Waals surface area contributed by atoms with E-state index in [1.54, 1.807) is 0 Å². The average Bonchev–Trinajstić information content (AvgIpc) is 2.46. The van der Waals surface area contributed by atoms with Crippen LogP contribution in [0.5, 0.6) is 0 Å². The van der Waals surface area contributed by atoms with E-state index >= 15 is 0 Å². The Kier molecular flexibility index (Phi) is 10.1. The Morgan fingerprint density at radius 3 is 2.32 bits per heavy atom. The number of allylic oxidation sites excluding steroid dienone is 2. The predicted octanol–water partition coefficient (Wildman–Crippen LogP) is 5.51. The summed E-state index contributed by atoms with van der Waals surface area (Å²) in [5.74, 6) is 0. The smallest absolute Gasteiger partial charge is 0.0716 e. The van der Waals surface area contributed by atoms with Crippen molar-refractivity contribution in [2.45, 2.75) is 58.5 Å². The Balaban J connectivity index is 1.81. The molecule has 0 aromatic heterocycles. The molecule has 0 aliphatic heterocycles. The van der Waals surface area contributed by atoms with E-state index in [9.17, 15) is 0 Å². The molecule has 0 spiro atoms. The molecule has 0 bridgehead atoms. The number of hydrogen-bond acceptors (Lipinski definition) is 1. The lowest BCUT2D eigenvalue weighted by Crippen LogP contribution is -1.95. The molecule has 0 fully saturated rings. The van der Waals surface area contributed by atoms with Crippen LogP contribution in [0.25, 0.3) is 0 Å². The van der Waals surface area contributed by atoms with Gasteiger partial charge in [0.1, 0.15) is 0 Å². The van der Waals surface area contributed by atoms with E-state index in [2.05, 4.69) is 43.3 Å². The minimum atomic E-state index is 0.754. The summed E-state index contributed by atoms with van der Waals surface area (Å²) in [4.78, 5) is 0. The maximum absolute atomic E-state index is 5.67. The van der Waals surface area contributed by atoms with Gasteiger partial charge in [0.05, 0.1) is 6.61 Å². The molecule has 0 heterocycles. The number of ether oxygens (including phenoxy) is 1. The third-order valence-corrected chi connectivity index (χ3v) is 3.26. The van der Waals surface area contributed by atoms with E-state index in [0.717, 1.165) is 13.2 Å². The quantitative estimate of drug-likeness (QED) is 0.376. The lowest BCUT2D eigenvalue weighted by atomic mass is 10.1. The molecule has 0 atom stereocenters. The van der Waals surface area contributed by atoms with Crippen molar-refractivity contribution in [3.63, 3.8) is 0 Å². The van der Waals surface area contributed by atoms with E-state index < -0.39 is 0 Å². The Bertz CT molecular complexity index is 316. The van der Waals surface area contributed by atoms with E-state index in [1.165, 1.54) is 50.5 Å². The molecule has 1 rings (SSSR count). The molecular weight excluding hydrogens is 232 g/mol. The topological polar surface area (TPSA) is 9.23 Å². The monoisotopic (exact) mass is 260 g/mol. The number of hydrogen-bond donors (Lipinski definition) is 0. The molecule has 1 aromatic rings. The third-order valence-electron chi connectivity index (χ3n) is 3.26. The van der Waals surface area contributed by atoms with Crippen LogP contribution in [0, 0.1) is 0 Å². The predicted molar refractivity (Wildman–Crippen MR) is 83.2 cm³/mol. The summed E-state index contributed by atoms with van der Waals surface area (Å²) in [6.45, 7) is 3.74. The molecule has 0 saturated carbocycles. The molecule has 1 aromatic carbocycles. The normalized spacial score (nSPS) is 11.2. The zero-order chi connectivity index (χ0) is 13.6. The lowest BCUT2D eigenvalue weighted by Gasteiger charge is -2.04. The largest absolute Gasteiger partial charge is 0.377 e. The Morgan fingerprint density at radius 2 is 1.58 bits per heavy atom. The molecule has 1 heteroatoms. The zero-order valence-electron chi connectivity index (χ0n) is 12.3. The minimum Gasteiger partial charge on any atom is -0.377 e. The van der Waals surface area contributed by atoms with Gasteiger partial charge < -0.3 is 4.74 Å². The standard InChI is InChI=1S/C18H28O/c1-2-3-4-5-6-7-8-9-13-16-19-17-18-14-11-10-12-15-18/h2-3,10-12,14-15H,4-9,13,16-17H2,1H3/b3-2-. The van der Waals surface area contributed by atoms with Crippen molar-refractivity contribution >= 4 is 0 Å². The van der Waals surface area contributed by atoms with Gasteiger partial charge in [0.25, 0.3) is 0 Å². The van der Waals surface area contributed by atoms with Gasteiger partial charge in [0.2, 0.25) is 0 Å². The summed E-state index contributed by atoms with van der Waals surface area (Å²) >= 11 is 0. The highest BCUT2D eigenvalue weighted by atomic mass is 16.5. The van der Waals surface area contributed by atoms with Crippen LogP contribution in [0.2, 0.25) is 0 Å². The van der Waals surface area contributed by atoms with Gasteiger partial charge in [-0.05, 0) is 31.7 Å². The van der Waals surface area contributed by atoms with Gasteiger partial charge in [-0.2, -0.15) is 0 Å². The van der Waals surface area contributed by atoms with Gasteiger partial charge in [-0.25, -0.2) is 0 Å². The zero-order valence-corrected chi connectivity index (χ0v) is 12.3. The maximum Gasteiger partial charge on any atom is 0.0716 e. The second-order valence-corrected chi connectivity index (χ2v) is 5.02. The first-order valence-corrected chi connectivity index (χ1v) is 7.66. The fourth-order valence-electron chi connectivity index (χ4n) is 2.10. The van der Waals surface area contributed by atoms with Gasteiger partial charge in [0, 0.05) is 6.61 Å². The highest BCUT2D eigenvalue weighted by Crippen LogP contribution is 2.08. The lowest BCUT2D eigenvalue weighted by molar-refractivity contribution is 0.116. The first-order valence-electron chi connectivity index (χ1n) is 7.66. The van der Waals surface area contributed by atoms with Crippen molar-refractivity contribution < 1.29 is 4.74 Å². The fraction of sp³-hybridized carbons (Fsp3) is 0.556. The molecule has 0 unspecified atom stereocenters. The van der Waals surface area contributed by atoms with Gasteiger partial charge >= 0.3 is 0 Å². The summed E-state index contributed by atoms with van der Waals surface area (Å²) in [5, 5.41) is 0. The molecule has 0 N–H and O–H groups in total. The number of rotatable bonds is 11. The minimum absolute atomic E-state index is 0.754.